The fourth-order valence-corrected chi connectivity index (χ4v) is 2.30. The number of aromatic hydroxyl groups is 1. The van der Waals surface area contributed by atoms with Crippen molar-refractivity contribution >= 4 is 10.9 Å². The molecule has 0 spiro atoms. The minimum atomic E-state index is 0.205. The molecule has 0 bridgehead atoms. The molecule has 0 aliphatic carbocycles. The minimum Gasteiger partial charge on any atom is -0.506 e. The van der Waals surface area contributed by atoms with E-state index < -0.39 is 0 Å². The number of rotatable bonds is 1. The lowest BCUT2D eigenvalue weighted by molar-refractivity contribution is 0.150. The second-order valence-electron chi connectivity index (χ2n) is 4.49. The van der Waals surface area contributed by atoms with Gasteiger partial charge in [0.2, 0.25) is 0 Å². The highest BCUT2D eigenvalue weighted by Crippen LogP contribution is 2.25. The van der Waals surface area contributed by atoms with E-state index in [0.29, 0.717) is 5.52 Å². The van der Waals surface area contributed by atoms with Gasteiger partial charge in [-0.2, -0.15) is 0 Å². The van der Waals surface area contributed by atoms with Gasteiger partial charge >= 0.3 is 0 Å². The van der Waals surface area contributed by atoms with Gasteiger partial charge in [-0.1, -0.05) is 18.2 Å². The highest BCUT2D eigenvalue weighted by Gasteiger charge is 2.15. The van der Waals surface area contributed by atoms with Crippen LogP contribution in [0, 0.1) is 0 Å². The summed E-state index contributed by atoms with van der Waals surface area (Å²) in [5.74, 6) is 0.235. The van der Waals surface area contributed by atoms with E-state index in [0.717, 1.165) is 37.3 Å². The smallest absolute Gasteiger partial charge is 0.141 e. The molecule has 1 unspecified atom stereocenters. The maximum atomic E-state index is 9.84. The van der Waals surface area contributed by atoms with E-state index in [9.17, 15) is 5.11 Å². The minimum absolute atomic E-state index is 0.205. The normalized spacial score (nSPS) is 20.8. The zero-order valence-electron chi connectivity index (χ0n) is 10.1. The number of fused-ring (bicyclic) bond motifs is 1. The molecule has 1 saturated heterocycles. The topological polar surface area (TPSA) is 54.4 Å². The Kier molecular flexibility index (Phi) is 3.13. The molecule has 2 aromatic rings. The van der Waals surface area contributed by atoms with E-state index in [-0.39, 0.29) is 11.8 Å². The molecule has 18 heavy (non-hydrogen) atoms. The largest absolute Gasteiger partial charge is 0.506 e. The lowest BCUT2D eigenvalue weighted by atomic mass is 10.1. The van der Waals surface area contributed by atoms with Crippen LogP contribution in [0.4, 0.5) is 0 Å². The SMILES string of the molecule is Oc1cccc2ccc(C3CCOCCN3)nc12. The summed E-state index contributed by atoms with van der Waals surface area (Å²) >= 11 is 0. The number of hydrogen-bond acceptors (Lipinski definition) is 4. The maximum Gasteiger partial charge on any atom is 0.141 e. The van der Waals surface area contributed by atoms with Crippen molar-refractivity contribution in [3.05, 3.63) is 36.0 Å². The van der Waals surface area contributed by atoms with E-state index in [1.807, 2.05) is 24.3 Å². The standard InChI is InChI=1S/C14H16N2O2/c17-13-3-1-2-10-4-5-12(16-14(10)13)11-6-8-18-9-7-15-11/h1-5,11,15,17H,6-9H2. The lowest BCUT2D eigenvalue weighted by Gasteiger charge is -2.15. The number of phenols is 1. The first-order chi connectivity index (χ1) is 8.84. The van der Waals surface area contributed by atoms with Crippen LogP contribution >= 0.6 is 0 Å². The number of nitrogens with zero attached hydrogens (tertiary/aromatic N) is 1. The van der Waals surface area contributed by atoms with Crippen LogP contribution in [-0.2, 0) is 4.74 Å². The number of para-hydroxylation sites is 1. The Balaban J connectivity index is 1.99. The van der Waals surface area contributed by atoms with Gasteiger partial charge in [-0.25, -0.2) is 4.98 Å². The summed E-state index contributed by atoms with van der Waals surface area (Å²) in [7, 11) is 0. The number of hydrogen-bond donors (Lipinski definition) is 2. The summed E-state index contributed by atoms with van der Waals surface area (Å²) in [5.41, 5.74) is 1.64. The molecule has 94 valence electrons. The highest BCUT2D eigenvalue weighted by atomic mass is 16.5. The van der Waals surface area contributed by atoms with Gasteiger partial charge in [-0.05, 0) is 18.6 Å². The molecule has 4 nitrogen and oxygen atoms in total. The van der Waals surface area contributed by atoms with Crippen LogP contribution in [0.5, 0.6) is 5.75 Å². The van der Waals surface area contributed by atoms with Gasteiger partial charge in [0.05, 0.1) is 18.3 Å². The molecule has 0 radical (unpaired) electrons. The van der Waals surface area contributed by atoms with Crippen molar-refractivity contribution in [2.24, 2.45) is 0 Å². The number of phenolic OH excluding ortho intramolecular Hbond substituents is 1. The summed E-state index contributed by atoms with van der Waals surface area (Å²) in [6.45, 7) is 2.33. The Hall–Kier alpha value is -1.65. The Morgan fingerprint density at radius 3 is 3.11 bits per heavy atom. The number of pyridine rings is 1. The monoisotopic (exact) mass is 244 g/mol. The third-order valence-corrected chi connectivity index (χ3v) is 3.27. The van der Waals surface area contributed by atoms with Gasteiger partial charge in [0.15, 0.2) is 0 Å². The first-order valence-corrected chi connectivity index (χ1v) is 6.24. The summed E-state index contributed by atoms with van der Waals surface area (Å²) in [6, 6.07) is 9.68. The molecule has 1 aliphatic rings. The molecule has 1 aromatic carbocycles. The van der Waals surface area contributed by atoms with Gasteiger partial charge in [0, 0.05) is 18.5 Å². The second kappa shape index (κ2) is 4.92. The second-order valence-corrected chi connectivity index (χ2v) is 4.49. The number of nitrogens with one attached hydrogen (secondary N) is 1. The molecule has 3 rings (SSSR count). The molecule has 2 heterocycles. The summed E-state index contributed by atoms with van der Waals surface area (Å²) < 4.78 is 5.42. The molecule has 2 N–H and O–H groups in total. The first-order valence-electron chi connectivity index (χ1n) is 6.24. The van der Waals surface area contributed by atoms with Gasteiger partial charge in [-0.3, -0.25) is 0 Å². The Morgan fingerprint density at radius 1 is 1.22 bits per heavy atom. The van der Waals surface area contributed by atoms with Crippen LogP contribution in [-0.4, -0.2) is 29.8 Å². The Labute approximate surface area is 106 Å². The highest BCUT2D eigenvalue weighted by molar-refractivity contribution is 5.84. The predicted molar refractivity (Wildman–Crippen MR) is 69.6 cm³/mol. The van der Waals surface area contributed by atoms with Crippen molar-refractivity contribution < 1.29 is 9.84 Å². The molecular formula is C14H16N2O2. The van der Waals surface area contributed by atoms with Gasteiger partial charge in [-0.15, -0.1) is 0 Å². The first kappa shape index (κ1) is 11.4. The van der Waals surface area contributed by atoms with Crippen LogP contribution in [0.3, 0.4) is 0 Å². The third kappa shape index (κ3) is 2.17. The molecular weight excluding hydrogens is 228 g/mol. The van der Waals surface area contributed by atoms with E-state index in [4.69, 9.17) is 4.74 Å². The molecule has 1 aliphatic heterocycles. The number of benzene rings is 1. The van der Waals surface area contributed by atoms with Crippen molar-refractivity contribution in [2.75, 3.05) is 19.8 Å². The van der Waals surface area contributed by atoms with Crippen LogP contribution < -0.4 is 5.32 Å². The predicted octanol–water partition coefficient (Wildman–Crippen LogP) is 1.99. The quantitative estimate of drug-likeness (QED) is 0.805. The van der Waals surface area contributed by atoms with Crippen molar-refractivity contribution in [1.82, 2.24) is 10.3 Å². The van der Waals surface area contributed by atoms with Crippen molar-refractivity contribution in [3.63, 3.8) is 0 Å². The maximum absolute atomic E-state index is 9.84. The molecule has 1 aromatic heterocycles. The van der Waals surface area contributed by atoms with Crippen molar-refractivity contribution in [2.45, 2.75) is 12.5 Å². The van der Waals surface area contributed by atoms with E-state index in [1.165, 1.54) is 0 Å². The summed E-state index contributed by atoms with van der Waals surface area (Å²) in [4.78, 5) is 4.57. The van der Waals surface area contributed by atoms with Crippen LogP contribution in [0.25, 0.3) is 10.9 Å². The Morgan fingerprint density at radius 2 is 2.17 bits per heavy atom. The van der Waals surface area contributed by atoms with Crippen LogP contribution in [0.15, 0.2) is 30.3 Å². The van der Waals surface area contributed by atoms with Crippen LogP contribution in [0.2, 0.25) is 0 Å². The molecule has 0 amide bonds. The summed E-state index contributed by atoms with van der Waals surface area (Å²) in [5, 5.41) is 14.2. The average Bonchev–Trinajstić information content (AvgIpc) is 2.68. The molecule has 0 saturated carbocycles. The summed E-state index contributed by atoms with van der Waals surface area (Å²) in [6.07, 6.45) is 0.909. The van der Waals surface area contributed by atoms with E-state index >= 15 is 0 Å². The Bertz CT molecular complexity index is 548. The zero-order valence-corrected chi connectivity index (χ0v) is 10.1. The molecule has 1 fully saturated rings. The molecule has 4 heteroatoms. The fraction of sp³-hybridized carbons (Fsp3) is 0.357. The van der Waals surface area contributed by atoms with Crippen molar-refractivity contribution in [3.8, 4) is 5.75 Å². The van der Waals surface area contributed by atoms with Crippen molar-refractivity contribution in [1.29, 1.82) is 0 Å². The number of ether oxygens (including phenoxy) is 1. The number of aromatic nitrogens is 1. The zero-order chi connectivity index (χ0) is 12.4. The van der Waals surface area contributed by atoms with E-state index in [1.54, 1.807) is 6.07 Å². The third-order valence-electron chi connectivity index (χ3n) is 3.27. The van der Waals surface area contributed by atoms with Gasteiger partial charge < -0.3 is 15.2 Å². The average molecular weight is 244 g/mol. The van der Waals surface area contributed by atoms with Crippen LogP contribution in [0.1, 0.15) is 18.2 Å². The van der Waals surface area contributed by atoms with Gasteiger partial charge in [0.1, 0.15) is 11.3 Å². The van der Waals surface area contributed by atoms with Gasteiger partial charge in [0.25, 0.3) is 0 Å². The lowest BCUT2D eigenvalue weighted by Crippen LogP contribution is -2.22. The fourth-order valence-electron chi connectivity index (χ4n) is 2.30. The molecule has 1 atom stereocenters. The van der Waals surface area contributed by atoms with E-state index in [2.05, 4.69) is 10.3 Å².